The molecule has 0 saturated carbocycles. The summed E-state index contributed by atoms with van der Waals surface area (Å²) >= 11 is 7.78. The second-order valence-corrected chi connectivity index (χ2v) is 6.83. The van der Waals surface area contributed by atoms with Crippen LogP contribution in [0.5, 0.6) is 0 Å². The fraction of sp³-hybridized carbons (Fsp3) is 0.176. The molecule has 0 atom stereocenters. The summed E-state index contributed by atoms with van der Waals surface area (Å²) in [6, 6.07) is 5.81. The average Bonchev–Trinajstić information content (AvgIpc) is 3.13. The van der Waals surface area contributed by atoms with Gasteiger partial charge in [-0.2, -0.15) is 10.2 Å². The molecule has 0 aliphatic carbocycles. The zero-order chi connectivity index (χ0) is 18.7. The molecule has 0 unspecified atom stereocenters. The molecule has 1 amide bonds. The van der Waals surface area contributed by atoms with Gasteiger partial charge in [-0.25, -0.2) is 19.5 Å². The van der Waals surface area contributed by atoms with E-state index in [-0.39, 0.29) is 18.1 Å². The number of aryl methyl sites for hydroxylation is 2. The largest absolute Gasteiger partial charge is 0.273 e. The van der Waals surface area contributed by atoms with Crippen molar-refractivity contribution in [2.45, 2.75) is 20.3 Å². The van der Waals surface area contributed by atoms with E-state index in [1.165, 1.54) is 34.4 Å². The van der Waals surface area contributed by atoms with Crippen LogP contribution in [0.3, 0.4) is 0 Å². The van der Waals surface area contributed by atoms with Crippen molar-refractivity contribution >= 4 is 35.1 Å². The Hall–Kier alpha value is -2.58. The van der Waals surface area contributed by atoms with Crippen molar-refractivity contribution in [1.29, 1.82) is 0 Å². The van der Waals surface area contributed by atoms with Crippen molar-refractivity contribution in [3.05, 3.63) is 62.6 Å². The van der Waals surface area contributed by atoms with Crippen molar-refractivity contribution < 1.29 is 9.18 Å². The van der Waals surface area contributed by atoms with E-state index in [9.17, 15) is 9.18 Å². The number of hydrogen-bond acceptors (Lipinski definition) is 5. The zero-order valence-corrected chi connectivity index (χ0v) is 15.6. The minimum atomic E-state index is -0.339. The summed E-state index contributed by atoms with van der Waals surface area (Å²) in [5, 5.41) is 11.2. The van der Waals surface area contributed by atoms with Crippen molar-refractivity contribution in [3.63, 3.8) is 0 Å². The van der Waals surface area contributed by atoms with Crippen LogP contribution in [0.15, 0.2) is 34.7 Å². The number of benzene rings is 1. The minimum Gasteiger partial charge on any atom is -0.273 e. The Balaban J connectivity index is 1.70. The van der Waals surface area contributed by atoms with Crippen molar-refractivity contribution in [2.24, 2.45) is 5.10 Å². The Morgan fingerprint density at radius 2 is 2.12 bits per heavy atom. The zero-order valence-electron chi connectivity index (χ0n) is 14.0. The SMILES string of the molecule is Cc1csc(CC(=O)N/N=C\c2c(C)nn(-c3ccc(F)cc3)c2Cl)n1. The number of amides is 1. The van der Waals surface area contributed by atoms with Crippen LogP contribution in [0.2, 0.25) is 5.15 Å². The third-order valence-corrected chi connectivity index (χ3v) is 4.81. The lowest BCUT2D eigenvalue weighted by Crippen LogP contribution is -2.19. The van der Waals surface area contributed by atoms with Crippen molar-refractivity contribution in [2.75, 3.05) is 0 Å². The predicted molar refractivity (Wildman–Crippen MR) is 99.6 cm³/mol. The lowest BCUT2D eigenvalue weighted by molar-refractivity contribution is -0.120. The summed E-state index contributed by atoms with van der Waals surface area (Å²) in [7, 11) is 0. The summed E-state index contributed by atoms with van der Waals surface area (Å²) < 4.78 is 14.5. The maximum absolute atomic E-state index is 13.1. The molecular formula is C17H15ClFN5OS. The fourth-order valence-corrected chi connectivity index (χ4v) is 3.33. The number of hydrogen-bond donors (Lipinski definition) is 1. The average molecular weight is 392 g/mol. The van der Waals surface area contributed by atoms with Gasteiger partial charge in [-0.15, -0.1) is 11.3 Å². The highest BCUT2D eigenvalue weighted by molar-refractivity contribution is 7.09. The lowest BCUT2D eigenvalue weighted by atomic mass is 10.3. The number of rotatable bonds is 5. The van der Waals surface area contributed by atoms with Gasteiger partial charge in [-0.3, -0.25) is 4.79 Å². The molecule has 0 aliphatic heterocycles. The number of thiazole rings is 1. The molecule has 26 heavy (non-hydrogen) atoms. The number of nitrogens with zero attached hydrogens (tertiary/aromatic N) is 4. The molecule has 2 aromatic heterocycles. The summed E-state index contributed by atoms with van der Waals surface area (Å²) in [5.74, 6) is -0.607. The van der Waals surface area contributed by atoms with Crippen molar-refractivity contribution in [1.82, 2.24) is 20.2 Å². The number of halogens is 2. The van der Waals surface area contributed by atoms with E-state index in [0.29, 0.717) is 22.1 Å². The lowest BCUT2D eigenvalue weighted by Gasteiger charge is -2.02. The molecule has 0 radical (unpaired) electrons. The van der Waals surface area contributed by atoms with Gasteiger partial charge in [0.05, 0.1) is 29.6 Å². The van der Waals surface area contributed by atoms with Crippen LogP contribution in [-0.4, -0.2) is 26.9 Å². The quantitative estimate of drug-likeness (QED) is 0.535. The van der Waals surface area contributed by atoms with Crippen molar-refractivity contribution in [3.8, 4) is 5.69 Å². The Kier molecular flexibility index (Phi) is 5.43. The molecule has 1 aromatic carbocycles. The van der Waals surface area contributed by atoms with Gasteiger partial charge in [0.15, 0.2) is 0 Å². The molecule has 9 heteroatoms. The maximum atomic E-state index is 13.1. The molecular weight excluding hydrogens is 377 g/mol. The molecule has 0 bridgehead atoms. The molecule has 0 fully saturated rings. The Morgan fingerprint density at radius 3 is 2.77 bits per heavy atom. The molecule has 0 spiro atoms. The van der Waals surface area contributed by atoms with E-state index in [0.717, 1.165) is 10.7 Å². The van der Waals surface area contributed by atoms with Crippen LogP contribution in [0, 0.1) is 19.7 Å². The molecule has 3 rings (SSSR count). The Labute approximate surface area is 158 Å². The maximum Gasteiger partial charge on any atom is 0.246 e. The van der Waals surface area contributed by atoms with Crippen LogP contribution in [0.1, 0.15) is 22.0 Å². The summed E-state index contributed by atoms with van der Waals surface area (Å²) in [4.78, 5) is 16.1. The van der Waals surface area contributed by atoms with Gasteiger partial charge in [0.1, 0.15) is 16.0 Å². The number of carbonyl (C=O) groups is 1. The number of aromatic nitrogens is 3. The normalized spacial score (nSPS) is 11.2. The van der Waals surface area contributed by atoms with Gasteiger partial charge < -0.3 is 0 Å². The van der Waals surface area contributed by atoms with E-state index in [1.807, 2.05) is 12.3 Å². The molecule has 134 valence electrons. The van der Waals surface area contributed by atoms with Crippen LogP contribution < -0.4 is 5.43 Å². The summed E-state index contributed by atoms with van der Waals surface area (Å²) in [6.07, 6.45) is 1.60. The van der Waals surface area contributed by atoms with Gasteiger partial charge in [-0.1, -0.05) is 11.6 Å². The van der Waals surface area contributed by atoms with E-state index < -0.39 is 0 Å². The number of nitrogens with one attached hydrogen (secondary N) is 1. The van der Waals surface area contributed by atoms with Gasteiger partial charge >= 0.3 is 0 Å². The first-order valence-corrected chi connectivity index (χ1v) is 8.94. The highest BCUT2D eigenvalue weighted by Gasteiger charge is 2.13. The van der Waals surface area contributed by atoms with E-state index in [4.69, 9.17) is 11.6 Å². The fourth-order valence-electron chi connectivity index (χ4n) is 2.24. The number of carbonyl (C=O) groups excluding carboxylic acids is 1. The second-order valence-electron chi connectivity index (χ2n) is 5.53. The van der Waals surface area contributed by atoms with Gasteiger partial charge in [0, 0.05) is 11.1 Å². The minimum absolute atomic E-state index is 0.164. The highest BCUT2D eigenvalue weighted by Crippen LogP contribution is 2.22. The van der Waals surface area contributed by atoms with E-state index in [1.54, 1.807) is 19.1 Å². The van der Waals surface area contributed by atoms with Gasteiger partial charge in [0.25, 0.3) is 0 Å². The smallest absolute Gasteiger partial charge is 0.246 e. The predicted octanol–water partition coefficient (Wildman–Crippen LogP) is 3.43. The topological polar surface area (TPSA) is 72.2 Å². The highest BCUT2D eigenvalue weighted by atomic mass is 35.5. The van der Waals surface area contributed by atoms with Gasteiger partial charge in [0.2, 0.25) is 5.91 Å². The Bertz CT molecular complexity index is 964. The molecule has 1 N–H and O–H groups in total. The third kappa shape index (κ3) is 4.14. The second kappa shape index (κ2) is 7.76. The molecule has 0 saturated heterocycles. The standard InChI is InChI=1S/C17H15ClFN5OS/c1-10-9-26-16(21-10)7-15(25)22-20-8-14-11(2)23-24(17(14)18)13-5-3-12(19)4-6-13/h3-6,8-9H,7H2,1-2H3,(H,22,25)/b20-8-. The first kappa shape index (κ1) is 18.2. The number of hydrazone groups is 1. The van der Waals surface area contributed by atoms with Gasteiger partial charge in [-0.05, 0) is 38.1 Å². The van der Waals surface area contributed by atoms with Crippen LogP contribution in [0.25, 0.3) is 5.69 Å². The van der Waals surface area contributed by atoms with Crippen LogP contribution in [0.4, 0.5) is 4.39 Å². The first-order chi connectivity index (χ1) is 12.4. The summed E-state index contributed by atoms with van der Waals surface area (Å²) in [5.41, 5.74) is 5.17. The van der Waals surface area contributed by atoms with Crippen LogP contribution >= 0.6 is 22.9 Å². The first-order valence-electron chi connectivity index (χ1n) is 7.68. The molecule has 6 nitrogen and oxygen atoms in total. The van der Waals surface area contributed by atoms with Crippen LogP contribution in [-0.2, 0) is 11.2 Å². The Morgan fingerprint density at radius 1 is 1.38 bits per heavy atom. The van der Waals surface area contributed by atoms with E-state index >= 15 is 0 Å². The van der Waals surface area contributed by atoms with E-state index in [2.05, 4.69) is 20.6 Å². The molecule has 2 heterocycles. The summed E-state index contributed by atoms with van der Waals surface area (Å²) in [6.45, 7) is 3.65. The molecule has 3 aromatic rings. The third-order valence-electron chi connectivity index (χ3n) is 3.48. The molecule has 0 aliphatic rings. The monoisotopic (exact) mass is 391 g/mol.